The van der Waals surface area contributed by atoms with Gasteiger partial charge in [-0.25, -0.2) is 0 Å². The van der Waals surface area contributed by atoms with Gasteiger partial charge < -0.3 is 10.5 Å². The third kappa shape index (κ3) is 4.12. The van der Waals surface area contributed by atoms with Crippen LogP contribution in [0.2, 0.25) is 0 Å². The van der Waals surface area contributed by atoms with Gasteiger partial charge in [-0.2, -0.15) is 0 Å². The topological polar surface area (TPSA) is 48.1 Å². The van der Waals surface area contributed by atoms with Gasteiger partial charge >= 0.3 is 0 Å². The summed E-state index contributed by atoms with van der Waals surface area (Å²) in [5, 5.41) is 2.18. The van der Waals surface area contributed by atoms with Crippen molar-refractivity contribution in [3.63, 3.8) is 0 Å². The zero-order valence-electron chi connectivity index (χ0n) is 16.2. The van der Waals surface area contributed by atoms with E-state index in [4.69, 9.17) is 15.5 Å². The Morgan fingerprint density at radius 1 is 1.26 bits per heavy atom. The van der Waals surface area contributed by atoms with Gasteiger partial charge in [-0.05, 0) is 68.4 Å². The first-order valence-electron chi connectivity index (χ1n) is 10.1. The zero-order valence-corrected chi connectivity index (χ0v) is 17.8. The molecule has 3 heterocycles. The van der Waals surface area contributed by atoms with Crippen LogP contribution in [0.1, 0.15) is 55.5 Å². The van der Waals surface area contributed by atoms with Crippen LogP contribution >= 0.6 is 23.1 Å². The van der Waals surface area contributed by atoms with Crippen molar-refractivity contribution in [1.29, 1.82) is 0 Å². The van der Waals surface area contributed by atoms with Crippen LogP contribution < -0.4 is 5.73 Å². The lowest BCUT2D eigenvalue weighted by Gasteiger charge is -2.47. The van der Waals surface area contributed by atoms with Crippen molar-refractivity contribution in [1.82, 2.24) is 4.98 Å². The van der Waals surface area contributed by atoms with Crippen LogP contribution in [0.5, 0.6) is 0 Å². The summed E-state index contributed by atoms with van der Waals surface area (Å²) in [6.45, 7) is 0.832. The van der Waals surface area contributed by atoms with Gasteiger partial charge in [0.2, 0.25) is 0 Å². The van der Waals surface area contributed by atoms with E-state index >= 15 is 0 Å². The first-order chi connectivity index (χ1) is 13.1. The van der Waals surface area contributed by atoms with E-state index < -0.39 is 0 Å². The van der Waals surface area contributed by atoms with Gasteiger partial charge in [-0.15, -0.1) is 23.1 Å². The van der Waals surface area contributed by atoms with Crippen LogP contribution in [-0.4, -0.2) is 29.5 Å². The Balaban J connectivity index is 1.58. The Morgan fingerprint density at radius 2 is 2.11 bits per heavy atom. The van der Waals surface area contributed by atoms with Crippen molar-refractivity contribution < 1.29 is 4.74 Å². The van der Waals surface area contributed by atoms with Crippen LogP contribution in [-0.2, 0) is 16.6 Å². The van der Waals surface area contributed by atoms with E-state index in [0.717, 1.165) is 32.3 Å². The van der Waals surface area contributed by atoms with Gasteiger partial charge in [0, 0.05) is 39.7 Å². The number of thiophene rings is 1. The van der Waals surface area contributed by atoms with E-state index in [1.54, 1.807) is 0 Å². The number of nitrogens with zero attached hydrogens (tertiary/aromatic N) is 1. The minimum Gasteiger partial charge on any atom is -0.375 e. The summed E-state index contributed by atoms with van der Waals surface area (Å²) in [6, 6.07) is 8.70. The summed E-state index contributed by atoms with van der Waals surface area (Å²) in [7, 11) is 0. The minimum absolute atomic E-state index is 0.0417. The molecule has 4 rings (SSSR count). The number of pyridine rings is 1. The number of hydrogen-bond acceptors (Lipinski definition) is 5. The molecule has 1 saturated carbocycles. The highest BCUT2D eigenvalue weighted by molar-refractivity contribution is 7.98. The normalized spacial score (nSPS) is 25.7. The molecular formula is C22H30N2OS2. The second-order valence-electron chi connectivity index (χ2n) is 8.24. The van der Waals surface area contributed by atoms with Gasteiger partial charge in [-0.1, -0.05) is 18.9 Å². The van der Waals surface area contributed by atoms with Crippen molar-refractivity contribution in [3.8, 4) is 0 Å². The summed E-state index contributed by atoms with van der Waals surface area (Å²) in [6.07, 6.45) is 13.1. The molecule has 2 fully saturated rings. The average molecular weight is 403 g/mol. The summed E-state index contributed by atoms with van der Waals surface area (Å²) in [5.74, 6) is 0. The molecule has 2 aliphatic rings. The molecule has 1 saturated heterocycles. The highest BCUT2D eigenvalue weighted by Crippen LogP contribution is 2.50. The fourth-order valence-electron chi connectivity index (χ4n) is 5.21. The van der Waals surface area contributed by atoms with E-state index in [9.17, 15) is 0 Å². The summed E-state index contributed by atoms with van der Waals surface area (Å²) in [4.78, 5) is 7.60. The lowest BCUT2D eigenvalue weighted by atomic mass is 9.66. The maximum absolute atomic E-state index is 6.76. The fraction of sp³-hybridized carbons (Fsp3) is 0.591. The molecule has 0 aromatic carbocycles. The Hall–Kier alpha value is -0.880. The van der Waals surface area contributed by atoms with Crippen LogP contribution in [0.3, 0.4) is 0 Å². The van der Waals surface area contributed by atoms with E-state index in [1.165, 1.54) is 41.1 Å². The molecule has 2 unspecified atom stereocenters. The Labute approximate surface area is 171 Å². The van der Waals surface area contributed by atoms with Gasteiger partial charge in [0.1, 0.15) is 0 Å². The van der Waals surface area contributed by atoms with Gasteiger partial charge in [-0.3, -0.25) is 4.98 Å². The molecule has 5 heteroatoms. The number of nitrogens with two attached hydrogens (primary N) is 1. The SMILES string of the molecule is CSc1ccsc1CC(N)CC1(c2ccccn2)CCOC2(CCCC2)C1. The number of thioether (sulfide) groups is 1. The molecular weight excluding hydrogens is 372 g/mol. The summed E-state index contributed by atoms with van der Waals surface area (Å²) >= 11 is 3.66. The van der Waals surface area contributed by atoms with Gasteiger partial charge in [0.05, 0.1) is 5.60 Å². The maximum atomic E-state index is 6.76. The van der Waals surface area contributed by atoms with Crippen molar-refractivity contribution in [3.05, 3.63) is 46.4 Å². The lowest BCUT2D eigenvalue weighted by molar-refractivity contribution is -0.105. The van der Waals surface area contributed by atoms with Crippen molar-refractivity contribution in [2.45, 2.75) is 73.3 Å². The molecule has 146 valence electrons. The monoisotopic (exact) mass is 402 g/mol. The average Bonchev–Trinajstić information content (AvgIpc) is 3.32. The summed E-state index contributed by atoms with van der Waals surface area (Å²) in [5.41, 5.74) is 8.07. The molecule has 2 aromatic rings. The minimum atomic E-state index is 0.0417. The predicted octanol–water partition coefficient (Wildman–Crippen LogP) is 5.19. The molecule has 2 N–H and O–H groups in total. The Bertz CT molecular complexity index is 742. The highest BCUT2D eigenvalue weighted by atomic mass is 32.2. The lowest BCUT2D eigenvalue weighted by Crippen LogP contribution is -2.49. The first kappa shape index (κ1) is 19.4. The Kier molecular flexibility index (Phi) is 5.93. The number of ether oxygens (including phenoxy) is 1. The fourth-order valence-corrected chi connectivity index (χ4v) is 7.06. The molecule has 1 spiro atoms. The van der Waals surface area contributed by atoms with Crippen molar-refractivity contribution in [2.75, 3.05) is 12.9 Å². The third-order valence-corrected chi connectivity index (χ3v) is 8.29. The van der Waals surface area contributed by atoms with E-state index in [1.807, 2.05) is 35.4 Å². The van der Waals surface area contributed by atoms with Crippen LogP contribution in [0, 0.1) is 0 Å². The van der Waals surface area contributed by atoms with Crippen molar-refractivity contribution in [2.24, 2.45) is 5.73 Å². The first-order valence-corrected chi connectivity index (χ1v) is 12.2. The molecule has 1 aliphatic carbocycles. The van der Waals surface area contributed by atoms with E-state index in [2.05, 4.69) is 29.8 Å². The molecule has 27 heavy (non-hydrogen) atoms. The second-order valence-corrected chi connectivity index (χ2v) is 10.1. The number of hydrogen-bond donors (Lipinski definition) is 1. The smallest absolute Gasteiger partial charge is 0.0691 e. The standard InChI is InChI=1S/C22H30N2OS2/c1-26-18-7-13-27-19(18)14-17(23)15-21(20-6-2-5-11-24-20)10-12-25-22(16-21)8-3-4-9-22/h2,5-7,11,13,17H,3-4,8-10,12,14-16,23H2,1H3. The van der Waals surface area contributed by atoms with Gasteiger partial charge in [0.25, 0.3) is 0 Å². The molecule has 0 radical (unpaired) electrons. The Morgan fingerprint density at radius 3 is 2.85 bits per heavy atom. The highest BCUT2D eigenvalue weighted by Gasteiger charge is 2.49. The van der Waals surface area contributed by atoms with Crippen LogP contribution in [0.4, 0.5) is 0 Å². The van der Waals surface area contributed by atoms with Crippen LogP contribution in [0.25, 0.3) is 0 Å². The van der Waals surface area contributed by atoms with Gasteiger partial charge in [0.15, 0.2) is 0 Å². The van der Waals surface area contributed by atoms with Crippen LogP contribution in [0.15, 0.2) is 40.7 Å². The zero-order chi connectivity index (χ0) is 18.7. The molecule has 0 bridgehead atoms. The van der Waals surface area contributed by atoms with Crippen molar-refractivity contribution >= 4 is 23.1 Å². The molecule has 2 aromatic heterocycles. The molecule has 2 atom stereocenters. The summed E-state index contributed by atoms with van der Waals surface area (Å²) < 4.78 is 6.36. The predicted molar refractivity (Wildman–Crippen MR) is 115 cm³/mol. The van der Waals surface area contributed by atoms with E-state index in [0.29, 0.717) is 0 Å². The third-order valence-electron chi connectivity index (χ3n) is 6.40. The van der Waals surface area contributed by atoms with E-state index in [-0.39, 0.29) is 17.1 Å². The molecule has 1 aliphatic heterocycles. The molecule has 3 nitrogen and oxygen atoms in total. The second kappa shape index (κ2) is 8.24. The quantitative estimate of drug-likeness (QED) is 0.676. The maximum Gasteiger partial charge on any atom is 0.0691 e. The number of aromatic nitrogens is 1. The largest absolute Gasteiger partial charge is 0.375 e. The number of rotatable bonds is 6. The molecule has 0 amide bonds.